The Hall–Kier alpha value is -3.13. The highest BCUT2D eigenvalue weighted by atomic mass is 16.5. The average molecular weight is 439 g/mol. The summed E-state index contributed by atoms with van der Waals surface area (Å²) in [5.74, 6) is 1.03. The Morgan fingerprint density at radius 1 is 1.25 bits per heavy atom. The zero-order chi connectivity index (χ0) is 22.7. The topological polar surface area (TPSA) is 97.7 Å². The van der Waals surface area contributed by atoms with Crippen molar-refractivity contribution in [3.63, 3.8) is 0 Å². The zero-order valence-electron chi connectivity index (χ0n) is 18.8. The van der Waals surface area contributed by atoms with E-state index < -0.39 is 0 Å². The van der Waals surface area contributed by atoms with E-state index in [0.29, 0.717) is 17.3 Å². The fourth-order valence-electron chi connectivity index (χ4n) is 4.14. The predicted octanol–water partition coefficient (Wildman–Crippen LogP) is 2.98. The minimum absolute atomic E-state index is 0.0677. The van der Waals surface area contributed by atoms with Crippen molar-refractivity contribution < 1.29 is 14.3 Å². The summed E-state index contributed by atoms with van der Waals surface area (Å²) in [6, 6.07) is 10.5. The van der Waals surface area contributed by atoms with Crippen LogP contribution in [0.1, 0.15) is 55.6 Å². The molecule has 2 N–H and O–H groups in total. The summed E-state index contributed by atoms with van der Waals surface area (Å²) in [6.45, 7) is 5.46. The van der Waals surface area contributed by atoms with Gasteiger partial charge in [-0.05, 0) is 36.5 Å². The third-order valence-electron chi connectivity index (χ3n) is 5.98. The highest BCUT2D eigenvalue weighted by Crippen LogP contribution is 2.27. The summed E-state index contributed by atoms with van der Waals surface area (Å²) in [4.78, 5) is 30.3. The Balaban J connectivity index is 1.54. The molecule has 1 aliphatic rings. The van der Waals surface area contributed by atoms with Crippen molar-refractivity contribution in [2.45, 2.75) is 45.1 Å². The Labute approximate surface area is 186 Å². The van der Waals surface area contributed by atoms with E-state index in [4.69, 9.17) is 14.5 Å². The van der Waals surface area contributed by atoms with Crippen molar-refractivity contribution in [3.05, 3.63) is 63.7 Å². The second kappa shape index (κ2) is 9.56. The molecule has 1 amide bonds. The molecule has 4 rings (SSSR count). The first-order valence-electron chi connectivity index (χ1n) is 11.1. The van der Waals surface area contributed by atoms with Crippen LogP contribution in [0.4, 0.5) is 0 Å². The van der Waals surface area contributed by atoms with Crippen LogP contribution in [0.2, 0.25) is 0 Å². The molecule has 1 saturated heterocycles. The van der Waals surface area contributed by atoms with Gasteiger partial charge in [0.15, 0.2) is 5.65 Å². The van der Waals surface area contributed by atoms with Crippen molar-refractivity contribution in [1.29, 1.82) is 0 Å². The lowest BCUT2D eigenvalue weighted by Gasteiger charge is -2.22. The van der Waals surface area contributed by atoms with Crippen LogP contribution in [0, 0.1) is 5.92 Å². The van der Waals surface area contributed by atoms with Gasteiger partial charge in [0.2, 0.25) is 5.91 Å². The summed E-state index contributed by atoms with van der Waals surface area (Å²) in [5.41, 5.74) is 2.86. The van der Waals surface area contributed by atoms with E-state index >= 15 is 0 Å². The first-order valence-corrected chi connectivity index (χ1v) is 11.1. The van der Waals surface area contributed by atoms with Gasteiger partial charge in [-0.1, -0.05) is 26.0 Å². The molecule has 1 aliphatic heterocycles. The second-order valence-electron chi connectivity index (χ2n) is 8.63. The van der Waals surface area contributed by atoms with Crippen LogP contribution in [0.25, 0.3) is 5.65 Å². The van der Waals surface area contributed by atoms with Crippen LogP contribution >= 0.6 is 0 Å². The molecule has 8 heteroatoms. The fourth-order valence-corrected chi connectivity index (χ4v) is 4.14. The molecular formula is C24H30N4O4. The highest BCUT2D eigenvalue weighted by molar-refractivity contribution is 5.79. The SMILES string of the molecule is COc1ccc(CC(=O)NC(c2cc(=O)n3[nH]c(C4CCOCC4)cc3n2)C(C)C)cc1. The summed E-state index contributed by atoms with van der Waals surface area (Å²) >= 11 is 0. The van der Waals surface area contributed by atoms with Crippen LogP contribution in [0.15, 0.2) is 41.2 Å². The van der Waals surface area contributed by atoms with E-state index in [1.807, 2.05) is 44.2 Å². The van der Waals surface area contributed by atoms with Gasteiger partial charge in [-0.3, -0.25) is 14.7 Å². The van der Waals surface area contributed by atoms with Gasteiger partial charge in [-0.2, -0.15) is 0 Å². The Bertz CT molecular complexity index is 1130. The van der Waals surface area contributed by atoms with Gasteiger partial charge in [0.25, 0.3) is 5.56 Å². The fraction of sp³-hybridized carbons (Fsp3) is 0.458. The lowest BCUT2D eigenvalue weighted by Crippen LogP contribution is -2.34. The number of carbonyl (C=O) groups excluding carboxylic acids is 1. The molecule has 3 heterocycles. The largest absolute Gasteiger partial charge is 0.497 e. The van der Waals surface area contributed by atoms with Gasteiger partial charge in [0, 0.05) is 37.0 Å². The number of fused-ring (bicyclic) bond motifs is 1. The number of aromatic amines is 1. The van der Waals surface area contributed by atoms with Crippen LogP contribution in [0.3, 0.4) is 0 Å². The highest BCUT2D eigenvalue weighted by Gasteiger charge is 2.23. The lowest BCUT2D eigenvalue weighted by molar-refractivity contribution is -0.121. The van der Waals surface area contributed by atoms with Crippen molar-refractivity contribution in [2.75, 3.05) is 20.3 Å². The molecule has 1 atom stereocenters. The molecule has 2 aromatic heterocycles. The van der Waals surface area contributed by atoms with Gasteiger partial charge in [0.05, 0.1) is 25.3 Å². The van der Waals surface area contributed by atoms with E-state index in [-0.39, 0.29) is 29.8 Å². The number of H-pyrrole nitrogens is 1. The van der Waals surface area contributed by atoms with Gasteiger partial charge in [0.1, 0.15) is 5.75 Å². The number of amides is 1. The van der Waals surface area contributed by atoms with Gasteiger partial charge >= 0.3 is 0 Å². The number of hydrogen-bond donors (Lipinski definition) is 2. The molecule has 1 aromatic carbocycles. The predicted molar refractivity (Wildman–Crippen MR) is 121 cm³/mol. The summed E-state index contributed by atoms with van der Waals surface area (Å²) in [7, 11) is 1.61. The summed E-state index contributed by atoms with van der Waals surface area (Å²) in [6.07, 6.45) is 2.08. The molecular weight excluding hydrogens is 408 g/mol. The van der Waals surface area contributed by atoms with Crippen LogP contribution < -0.4 is 15.6 Å². The third-order valence-corrected chi connectivity index (χ3v) is 5.98. The molecule has 8 nitrogen and oxygen atoms in total. The average Bonchev–Trinajstić information content (AvgIpc) is 3.23. The van der Waals surface area contributed by atoms with E-state index in [1.54, 1.807) is 7.11 Å². The molecule has 3 aromatic rings. The van der Waals surface area contributed by atoms with Crippen LogP contribution in [-0.4, -0.2) is 40.8 Å². The Kier molecular flexibility index (Phi) is 6.60. The molecule has 0 aliphatic carbocycles. The summed E-state index contributed by atoms with van der Waals surface area (Å²) < 4.78 is 12.1. The maximum atomic E-state index is 12.8. The second-order valence-corrected chi connectivity index (χ2v) is 8.63. The van der Waals surface area contributed by atoms with Crippen molar-refractivity contribution in [2.24, 2.45) is 5.92 Å². The van der Waals surface area contributed by atoms with E-state index in [0.717, 1.165) is 43.1 Å². The number of benzene rings is 1. The van der Waals surface area contributed by atoms with E-state index in [9.17, 15) is 9.59 Å². The van der Waals surface area contributed by atoms with Crippen LogP contribution in [0.5, 0.6) is 5.75 Å². The zero-order valence-corrected chi connectivity index (χ0v) is 18.8. The standard InChI is InChI=1S/C24H30N4O4/c1-15(2)24(26-22(29)12-16-4-6-18(31-3)7-5-16)20-14-23(30)28-21(25-20)13-19(27-28)17-8-10-32-11-9-17/h4-7,13-15,17,24,27H,8-12H2,1-3H3,(H,26,29). The van der Waals surface area contributed by atoms with Gasteiger partial charge in [-0.15, -0.1) is 0 Å². The number of ether oxygens (including phenoxy) is 2. The smallest absolute Gasteiger partial charge is 0.272 e. The normalized spacial score (nSPS) is 15.8. The quantitative estimate of drug-likeness (QED) is 0.591. The summed E-state index contributed by atoms with van der Waals surface area (Å²) in [5, 5.41) is 6.26. The molecule has 0 radical (unpaired) electrons. The molecule has 0 spiro atoms. The maximum Gasteiger partial charge on any atom is 0.272 e. The molecule has 0 saturated carbocycles. The number of carbonyl (C=O) groups is 1. The number of nitrogens with zero attached hydrogens (tertiary/aromatic N) is 2. The van der Waals surface area contributed by atoms with Gasteiger partial charge < -0.3 is 14.8 Å². The van der Waals surface area contributed by atoms with E-state index in [2.05, 4.69) is 10.4 Å². The lowest BCUT2D eigenvalue weighted by atomic mass is 9.97. The molecule has 32 heavy (non-hydrogen) atoms. The Morgan fingerprint density at radius 2 is 1.97 bits per heavy atom. The number of aromatic nitrogens is 3. The third kappa shape index (κ3) is 4.85. The monoisotopic (exact) mass is 438 g/mol. The molecule has 1 fully saturated rings. The van der Waals surface area contributed by atoms with Crippen LogP contribution in [-0.2, 0) is 16.0 Å². The first-order chi connectivity index (χ1) is 15.4. The van der Waals surface area contributed by atoms with Crippen molar-refractivity contribution in [1.82, 2.24) is 19.9 Å². The minimum Gasteiger partial charge on any atom is -0.497 e. The van der Waals surface area contributed by atoms with Gasteiger partial charge in [-0.25, -0.2) is 9.50 Å². The first kappa shape index (κ1) is 22.1. The number of rotatable bonds is 7. The van der Waals surface area contributed by atoms with E-state index in [1.165, 1.54) is 10.6 Å². The van der Waals surface area contributed by atoms with Crippen molar-refractivity contribution >= 4 is 11.6 Å². The number of hydrogen-bond acceptors (Lipinski definition) is 5. The molecule has 0 bridgehead atoms. The Morgan fingerprint density at radius 3 is 2.62 bits per heavy atom. The number of nitrogens with one attached hydrogen (secondary N) is 2. The van der Waals surface area contributed by atoms with Crippen molar-refractivity contribution in [3.8, 4) is 5.75 Å². The maximum absolute atomic E-state index is 12.8. The molecule has 170 valence electrons. The minimum atomic E-state index is -0.361. The number of methoxy groups -OCH3 is 1. The molecule has 1 unspecified atom stereocenters.